The Kier molecular flexibility index (Phi) is 4.96. The van der Waals surface area contributed by atoms with Crippen molar-refractivity contribution < 1.29 is 14.3 Å². The molecule has 5 heteroatoms. The highest BCUT2D eigenvalue weighted by molar-refractivity contribution is 5.83. The lowest BCUT2D eigenvalue weighted by molar-refractivity contribution is -0.134. The van der Waals surface area contributed by atoms with Gasteiger partial charge in [0, 0.05) is 18.7 Å². The standard InChI is InChI=1S/C14H22N2O3/c1-19-13(17)7-4-8-15-14(18)12-9-10-5-2-3-6-11(10)16-12/h4,7,10-12,16H,2-3,5-6,8-9H2,1H3,(H,15,18)/b7-4+. The number of esters is 1. The molecule has 2 rings (SSSR count). The number of ether oxygens (including phenoxy) is 1. The summed E-state index contributed by atoms with van der Waals surface area (Å²) in [6, 6.07) is 0.453. The molecule has 2 N–H and O–H groups in total. The first-order valence-electron chi connectivity index (χ1n) is 6.99. The molecule has 1 amide bonds. The average Bonchev–Trinajstić information content (AvgIpc) is 2.87. The van der Waals surface area contributed by atoms with E-state index in [0.29, 0.717) is 18.5 Å². The van der Waals surface area contributed by atoms with Crippen molar-refractivity contribution in [1.29, 1.82) is 0 Å². The van der Waals surface area contributed by atoms with E-state index in [1.165, 1.54) is 38.9 Å². The highest BCUT2D eigenvalue weighted by atomic mass is 16.5. The third-order valence-corrected chi connectivity index (χ3v) is 4.03. The van der Waals surface area contributed by atoms with Crippen LogP contribution in [0.3, 0.4) is 0 Å². The summed E-state index contributed by atoms with van der Waals surface area (Å²) in [5, 5.41) is 6.24. The van der Waals surface area contributed by atoms with Gasteiger partial charge in [0.1, 0.15) is 0 Å². The number of nitrogens with one attached hydrogen (secondary N) is 2. The fraction of sp³-hybridized carbons (Fsp3) is 0.714. The summed E-state index contributed by atoms with van der Waals surface area (Å²) in [5.41, 5.74) is 0. The maximum Gasteiger partial charge on any atom is 0.330 e. The lowest BCUT2D eigenvalue weighted by Crippen LogP contribution is -2.43. The lowest BCUT2D eigenvalue weighted by Gasteiger charge is -2.24. The van der Waals surface area contributed by atoms with Crippen LogP contribution in [0.1, 0.15) is 32.1 Å². The van der Waals surface area contributed by atoms with Crippen LogP contribution in [0.25, 0.3) is 0 Å². The molecule has 1 heterocycles. The van der Waals surface area contributed by atoms with Gasteiger partial charge in [-0.15, -0.1) is 0 Å². The second-order valence-electron chi connectivity index (χ2n) is 5.28. The Bertz CT molecular complexity index is 354. The van der Waals surface area contributed by atoms with Crippen LogP contribution >= 0.6 is 0 Å². The van der Waals surface area contributed by atoms with Crippen molar-refractivity contribution in [3.05, 3.63) is 12.2 Å². The topological polar surface area (TPSA) is 67.4 Å². The summed E-state index contributed by atoms with van der Waals surface area (Å²) in [5.74, 6) is 0.290. The van der Waals surface area contributed by atoms with Crippen LogP contribution in [0.15, 0.2) is 12.2 Å². The monoisotopic (exact) mass is 266 g/mol. The summed E-state index contributed by atoms with van der Waals surface area (Å²) in [6.45, 7) is 0.363. The Hall–Kier alpha value is -1.36. The van der Waals surface area contributed by atoms with E-state index in [-0.39, 0.29) is 11.9 Å². The summed E-state index contributed by atoms with van der Waals surface area (Å²) in [4.78, 5) is 22.8. The first-order chi connectivity index (χ1) is 9.20. The van der Waals surface area contributed by atoms with Crippen molar-refractivity contribution in [3.8, 4) is 0 Å². The largest absolute Gasteiger partial charge is 0.466 e. The number of amides is 1. The zero-order chi connectivity index (χ0) is 13.7. The first kappa shape index (κ1) is 14.1. The van der Waals surface area contributed by atoms with Crippen molar-refractivity contribution in [3.63, 3.8) is 0 Å². The van der Waals surface area contributed by atoms with E-state index in [1.54, 1.807) is 6.08 Å². The number of hydrogen-bond donors (Lipinski definition) is 2. The van der Waals surface area contributed by atoms with Gasteiger partial charge in [-0.05, 0) is 25.2 Å². The second-order valence-corrected chi connectivity index (χ2v) is 5.28. The van der Waals surface area contributed by atoms with Crippen molar-refractivity contribution in [1.82, 2.24) is 10.6 Å². The van der Waals surface area contributed by atoms with Crippen LogP contribution in [0, 0.1) is 5.92 Å². The molecule has 0 aromatic heterocycles. The van der Waals surface area contributed by atoms with Gasteiger partial charge in [0.05, 0.1) is 13.2 Å². The molecule has 1 saturated heterocycles. The van der Waals surface area contributed by atoms with E-state index >= 15 is 0 Å². The quantitative estimate of drug-likeness (QED) is 0.582. The van der Waals surface area contributed by atoms with Gasteiger partial charge in [0.15, 0.2) is 0 Å². The number of methoxy groups -OCH3 is 1. The Labute approximate surface area is 113 Å². The van der Waals surface area contributed by atoms with Crippen molar-refractivity contribution in [2.45, 2.75) is 44.2 Å². The minimum atomic E-state index is -0.403. The molecule has 1 saturated carbocycles. The van der Waals surface area contributed by atoms with E-state index in [2.05, 4.69) is 15.4 Å². The van der Waals surface area contributed by atoms with Gasteiger partial charge in [0.25, 0.3) is 0 Å². The predicted molar refractivity (Wildman–Crippen MR) is 71.5 cm³/mol. The lowest BCUT2D eigenvalue weighted by atomic mass is 9.85. The molecule has 1 aliphatic heterocycles. The molecular formula is C14H22N2O3. The van der Waals surface area contributed by atoms with Crippen molar-refractivity contribution in [2.75, 3.05) is 13.7 Å². The number of carbonyl (C=O) groups excluding carboxylic acids is 2. The van der Waals surface area contributed by atoms with Crippen LogP contribution in [0.2, 0.25) is 0 Å². The molecule has 2 aliphatic rings. The molecule has 0 bridgehead atoms. The molecule has 1 aliphatic carbocycles. The molecule has 5 nitrogen and oxygen atoms in total. The van der Waals surface area contributed by atoms with Crippen LogP contribution in [0.4, 0.5) is 0 Å². The second kappa shape index (κ2) is 6.70. The van der Waals surface area contributed by atoms with Crippen LogP contribution in [-0.2, 0) is 14.3 Å². The zero-order valence-corrected chi connectivity index (χ0v) is 11.4. The Morgan fingerprint density at radius 1 is 1.37 bits per heavy atom. The predicted octanol–water partition coefficient (Wildman–Crippen LogP) is 0.752. The molecule has 0 aromatic rings. The van der Waals surface area contributed by atoms with Crippen LogP contribution in [-0.4, -0.2) is 37.6 Å². The van der Waals surface area contributed by atoms with Gasteiger partial charge in [0.2, 0.25) is 5.91 Å². The van der Waals surface area contributed by atoms with E-state index in [9.17, 15) is 9.59 Å². The smallest absolute Gasteiger partial charge is 0.330 e. The Morgan fingerprint density at radius 3 is 2.89 bits per heavy atom. The third kappa shape index (κ3) is 3.80. The number of hydrogen-bond acceptors (Lipinski definition) is 4. The number of carbonyl (C=O) groups is 2. The molecular weight excluding hydrogens is 244 g/mol. The van der Waals surface area contributed by atoms with Gasteiger partial charge < -0.3 is 15.4 Å². The van der Waals surface area contributed by atoms with E-state index in [4.69, 9.17) is 0 Å². The van der Waals surface area contributed by atoms with E-state index in [0.717, 1.165) is 6.42 Å². The van der Waals surface area contributed by atoms with Crippen molar-refractivity contribution in [2.24, 2.45) is 5.92 Å². The van der Waals surface area contributed by atoms with Gasteiger partial charge >= 0.3 is 5.97 Å². The van der Waals surface area contributed by atoms with Gasteiger partial charge in [-0.25, -0.2) is 4.79 Å². The fourth-order valence-electron chi connectivity index (χ4n) is 3.03. The van der Waals surface area contributed by atoms with Crippen LogP contribution < -0.4 is 10.6 Å². The minimum absolute atomic E-state index is 0.0314. The third-order valence-electron chi connectivity index (χ3n) is 4.03. The summed E-state index contributed by atoms with van der Waals surface area (Å²) >= 11 is 0. The van der Waals surface area contributed by atoms with E-state index in [1.807, 2.05) is 0 Å². The summed E-state index contributed by atoms with van der Waals surface area (Å²) in [6.07, 6.45) is 8.86. The first-order valence-corrected chi connectivity index (χ1v) is 6.99. The highest BCUT2D eigenvalue weighted by Crippen LogP contribution is 2.33. The fourth-order valence-corrected chi connectivity index (χ4v) is 3.03. The van der Waals surface area contributed by atoms with Gasteiger partial charge in [-0.1, -0.05) is 18.9 Å². The number of fused-ring (bicyclic) bond motifs is 1. The molecule has 0 spiro atoms. The van der Waals surface area contributed by atoms with Gasteiger partial charge in [-0.2, -0.15) is 0 Å². The SMILES string of the molecule is COC(=O)/C=C/CNC(=O)C1CC2CCCCC2N1. The summed E-state index contributed by atoms with van der Waals surface area (Å²) in [7, 11) is 1.33. The van der Waals surface area contributed by atoms with E-state index < -0.39 is 5.97 Å². The molecule has 106 valence electrons. The molecule has 2 fully saturated rings. The average molecular weight is 266 g/mol. The number of rotatable bonds is 4. The highest BCUT2D eigenvalue weighted by Gasteiger charge is 2.37. The molecule has 3 atom stereocenters. The van der Waals surface area contributed by atoms with Crippen LogP contribution in [0.5, 0.6) is 0 Å². The maximum atomic E-state index is 12.0. The zero-order valence-electron chi connectivity index (χ0n) is 11.4. The molecule has 3 unspecified atom stereocenters. The molecule has 0 radical (unpaired) electrons. The van der Waals surface area contributed by atoms with Crippen molar-refractivity contribution >= 4 is 11.9 Å². The molecule has 0 aromatic carbocycles. The minimum Gasteiger partial charge on any atom is -0.466 e. The Morgan fingerprint density at radius 2 is 2.16 bits per heavy atom. The summed E-state index contributed by atoms with van der Waals surface area (Å²) < 4.78 is 4.47. The molecule has 19 heavy (non-hydrogen) atoms. The Balaban J connectivity index is 1.72. The maximum absolute atomic E-state index is 12.0. The van der Waals surface area contributed by atoms with Gasteiger partial charge in [-0.3, -0.25) is 4.79 Å². The normalized spacial score (nSPS) is 30.1.